The Kier molecular flexibility index (Phi) is 3.87. The molecule has 1 heterocycles. The first kappa shape index (κ1) is 15.2. The fraction of sp³-hybridized carbons (Fsp3) is 0.125. The molecule has 0 aliphatic carbocycles. The van der Waals surface area contributed by atoms with Gasteiger partial charge in [-0.05, 0) is 35.9 Å². The Hall–Kier alpha value is -2.67. The number of phenolic OH excluding ortho intramolecular Hbond substituents is 1. The van der Waals surface area contributed by atoms with Crippen molar-refractivity contribution in [1.82, 2.24) is 9.97 Å². The number of nitrogens with one attached hydrogen (secondary N) is 1. The predicted molar refractivity (Wildman–Crippen MR) is 88.1 cm³/mol. The Labute approximate surface area is 133 Å². The van der Waals surface area contributed by atoms with Crippen LogP contribution in [0.3, 0.4) is 0 Å². The Morgan fingerprint density at radius 1 is 1.13 bits per heavy atom. The third-order valence-corrected chi connectivity index (χ3v) is 4.48. The number of anilines is 1. The molecule has 0 amide bonds. The predicted octanol–water partition coefficient (Wildman–Crippen LogP) is 2.35. The van der Waals surface area contributed by atoms with E-state index in [0.29, 0.717) is 23.4 Å². The standard InChI is InChI=1S/C16H15N3O3S/c1-23(21,22)14-6-7-15-12(8-14)10-18-16(19-15)17-9-11-2-4-13(20)5-3-11/h2-8,10,20H,9H2,1H3,(H,17,18,19). The number of fused-ring (bicyclic) bond motifs is 1. The minimum atomic E-state index is -3.25. The van der Waals surface area contributed by atoms with Crippen LogP contribution in [0.15, 0.2) is 53.6 Å². The Balaban J connectivity index is 1.81. The number of phenols is 1. The average Bonchev–Trinajstić information content (AvgIpc) is 2.53. The lowest BCUT2D eigenvalue weighted by atomic mass is 10.2. The molecule has 23 heavy (non-hydrogen) atoms. The molecule has 0 radical (unpaired) electrons. The molecule has 6 nitrogen and oxygen atoms in total. The molecule has 2 N–H and O–H groups in total. The van der Waals surface area contributed by atoms with Crippen LogP contribution in [0.5, 0.6) is 5.75 Å². The van der Waals surface area contributed by atoms with Crippen LogP contribution >= 0.6 is 0 Å². The molecule has 7 heteroatoms. The van der Waals surface area contributed by atoms with E-state index in [0.717, 1.165) is 5.56 Å². The zero-order valence-electron chi connectivity index (χ0n) is 12.4. The first-order valence-electron chi connectivity index (χ1n) is 6.90. The minimum Gasteiger partial charge on any atom is -0.508 e. The molecule has 0 atom stereocenters. The van der Waals surface area contributed by atoms with E-state index < -0.39 is 9.84 Å². The highest BCUT2D eigenvalue weighted by molar-refractivity contribution is 7.90. The van der Waals surface area contributed by atoms with Crippen molar-refractivity contribution in [2.24, 2.45) is 0 Å². The summed E-state index contributed by atoms with van der Waals surface area (Å²) in [5.74, 6) is 0.676. The molecule has 3 rings (SSSR count). The zero-order valence-corrected chi connectivity index (χ0v) is 13.2. The van der Waals surface area contributed by atoms with Gasteiger partial charge in [0.05, 0.1) is 10.4 Å². The topological polar surface area (TPSA) is 92.2 Å². The second kappa shape index (κ2) is 5.85. The van der Waals surface area contributed by atoms with Crippen LogP contribution in [0.25, 0.3) is 10.9 Å². The van der Waals surface area contributed by atoms with E-state index in [2.05, 4.69) is 15.3 Å². The number of benzene rings is 2. The highest BCUT2D eigenvalue weighted by Crippen LogP contribution is 2.18. The van der Waals surface area contributed by atoms with Crippen LogP contribution < -0.4 is 5.32 Å². The lowest BCUT2D eigenvalue weighted by Crippen LogP contribution is -2.03. The lowest BCUT2D eigenvalue weighted by molar-refractivity contribution is 0.475. The summed E-state index contributed by atoms with van der Waals surface area (Å²) >= 11 is 0. The van der Waals surface area contributed by atoms with Gasteiger partial charge in [0.1, 0.15) is 5.75 Å². The molecule has 0 bridgehead atoms. The molecule has 0 aliphatic rings. The second-order valence-corrected chi connectivity index (χ2v) is 7.22. The molecule has 0 spiro atoms. The zero-order chi connectivity index (χ0) is 16.4. The maximum absolute atomic E-state index is 11.6. The van der Waals surface area contributed by atoms with Gasteiger partial charge < -0.3 is 10.4 Å². The van der Waals surface area contributed by atoms with Crippen LogP contribution in [0.2, 0.25) is 0 Å². The van der Waals surface area contributed by atoms with Crippen molar-refractivity contribution in [2.45, 2.75) is 11.4 Å². The van der Waals surface area contributed by atoms with E-state index >= 15 is 0 Å². The number of hydrogen-bond acceptors (Lipinski definition) is 6. The van der Waals surface area contributed by atoms with Crippen molar-refractivity contribution in [3.63, 3.8) is 0 Å². The summed E-state index contributed by atoms with van der Waals surface area (Å²) in [7, 11) is -3.25. The SMILES string of the molecule is CS(=O)(=O)c1ccc2nc(NCc3ccc(O)cc3)ncc2c1. The summed E-state index contributed by atoms with van der Waals surface area (Å²) in [5, 5.41) is 13.0. The largest absolute Gasteiger partial charge is 0.508 e. The van der Waals surface area contributed by atoms with Crippen molar-refractivity contribution in [2.75, 3.05) is 11.6 Å². The van der Waals surface area contributed by atoms with Crippen LogP contribution in [0.1, 0.15) is 5.56 Å². The highest BCUT2D eigenvalue weighted by Gasteiger charge is 2.08. The number of hydrogen-bond donors (Lipinski definition) is 2. The summed E-state index contributed by atoms with van der Waals surface area (Å²) in [6.45, 7) is 0.521. The van der Waals surface area contributed by atoms with E-state index in [1.807, 2.05) is 12.1 Å². The normalized spacial score (nSPS) is 11.5. The van der Waals surface area contributed by atoms with Crippen LogP contribution in [-0.2, 0) is 16.4 Å². The van der Waals surface area contributed by atoms with Crippen LogP contribution in [-0.4, -0.2) is 29.7 Å². The smallest absolute Gasteiger partial charge is 0.223 e. The summed E-state index contributed by atoms with van der Waals surface area (Å²) < 4.78 is 23.1. The minimum absolute atomic E-state index is 0.220. The third kappa shape index (κ3) is 3.57. The number of rotatable bonds is 4. The Bertz CT molecular complexity index is 954. The summed E-state index contributed by atoms with van der Waals surface area (Å²) in [5.41, 5.74) is 1.65. The molecule has 0 saturated heterocycles. The molecule has 1 aromatic heterocycles. The second-order valence-electron chi connectivity index (χ2n) is 5.21. The van der Waals surface area contributed by atoms with Crippen LogP contribution in [0, 0.1) is 0 Å². The van der Waals surface area contributed by atoms with Gasteiger partial charge in [0.2, 0.25) is 5.95 Å². The van der Waals surface area contributed by atoms with Crippen molar-refractivity contribution in [3.05, 3.63) is 54.2 Å². The highest BCUT2D eigenvalue weighted by atomic mass is 32.2. The van der Waals surface area contributed by atoms with Gasteiger partial charge in [0.15, 0.2) is 9.84 Å². The molecule has 0 saturated carbocycles. The van der Waals surface area contributed by atoms with Gasteiger partial charge in [-0.1, -0.05) is 12.1 Å². The van der Waals surface area contributed by atoms with Gasteiger partial charge in [-0.2, -0.15) is 0 Å². The van der Waals surface area contributed by atoms with E-state index in [9.17, 15) is 13.5 Å². The average molecular weight is 329 g/mol. The number of aromatic hydroxyl groups is 1. The summed E-state index contributed by atoms with van der Waals surface area (Å²) in [4.78, 5) is 8.81. The van der Waals surface area contributed by atoms with Gasteiger partial charge in [-0.3, -0.25) is 0 Å². The number of nitrogens with zero attached hydrogens (tertiary/aromatic N) is 2. The van der Waals surface area contributed by atoms with E-state index in [-0.39, 0.29) is 10.6 Å². The van der Waals surface area contributed by atoms with Gasteiger partial charge in [-0.15, -0.1) is 0 Å². The fourth-order valence-corrected chi connectivity index (χ4v) is 2.78. The Morgan fingerprint density at radius 3 is 2.57 bits per heavy atom. The maximum Gasteiger partial charge on any atom is 0.223 e. The number of sulfone groups is 1. The summed E-state index contributed by atoms with van der Waals surface area (Å²) in [6, 6.07) is 11.6. The van der Waals surface area contributed by atoms with Crippen molar-refractivity contribution in [1.29, 1.82) is 0 Å². The first-order chi connectivity index (χ1) is 10.9. The van der Waals surface area contributed by atoms with Gasteiger partial charge in [-0.25, -0.2) is 18.4 Å². The fourth-order valence-electron chi connectivity index (χ4n) is 2.12. The molecular formula is C16H15N3O3S. The monoisotopic (exact) mass is 329 g/mol. The molecule has 0 fully saturated rings. The molecule has 2 aromatic carbocycles. The van der Waals surface area contributed by atoms with Gasteiger partial charge >= 0.3 is 0 Å². The first-order valence-corrected chi connectivity index (χ1v) is 8.79. The summed E-state index contributed by atoms with van der Waals surface area (Å²) in [6.07, 6.45) is 2.76. The van der Waals surface area contributed by atoms with Crippen molar-refractivity contribution >= 4 is 26.7 Å². The van der Waals surface area contributed by atoms with Gasteiger partial charge in [0, 0.05) is 24.4 Å². The van der Waals surface area contributed by atoms with E-state index in [1.165, 1.54) is 12.3 Å². The molecule has 0 unspecified atom stereocenters. The quantitative estimate of drug-likeness (QED) is 0.763. The van der Waals surface area contributed by atoms with Gasteiger partial charge in [0.25, 0.3) is 0 Å². The molecule has 0 aliphatic heterocycles. The Morgan fingerprint density at radius 2 is 1.87 bits per heavy atom. The number of aromatic nitrogens is 2. The lowest BCUT2D eigenvalue weighted by Gasteiger charge is -2.07. The van der Waals surface area contributed by atoms with Crippen LogP contribution in [0.4, 0.5) is 5.95 Å². The molecule has 3 aromatic rings. The van der Waals surface area contributed by atoms with Crippen molar-refractivity contribution < 1.29 is 13.5 Å². The molecule has 118 valence electrons. The maximum atomic E-state index is 11.6. The third-order valence-electron chi connectivity index (χ3n) is 3.37. The molecular weight excluding hydrogens is 314 g/mol. The van der Waals surface area contributed by atoms with E-state index in [4.69, 9.17) is 0 Å². The van der Waals surface area contributed by atoms with Crippen molar-refractivity contribution in [3.8, 4) is 5.75 Å². The van der Waals surface area contributed by atoms with E-state index in [1.54, 1.807) is 30.5 Å².